The van der Waals surface area contributed by atoms with Crippen LogP contribution in [0.2, 0.25) is 0 Å². The lowest BCUT2D eigenvalue weighted by Gasteiger charge is -2.11. The number of nitrogens with one attached hydrogen (secondary N) is 2. The Morgan fingerprint density at radius 3 is 2.73 bits per heavy atom. The van der Waals surface area contributed by atoms with E-state index in [0.29, 0.717) is 33.0 Å². The molecular formula is C20H17N5O6S2. The molecule has 4 aromatic rings. The smallest absolute Gasteiger partial charge is 0.279 e. The van der Waals surface area contributed by atoms with E-state index in [1.807, 2.05) is 0 Å². The average Bonchev–Trinajstić information content (AvgIpc) is 3.59. The second kappa shape index (κ2) is 10.2. The van der Waals surface area contributed by atoms with Gasteiger partial charge in [0.15, 0.2) is 15.8 Å². The minimum atomic E-state index is -0.506. The van der Waals surface area contributed by atoms with Crippen molar-refractivity contribution < 1.29 is 28.0 Å². The highest BCUT2D eigenvalue weighted by Crippen LogP contribution is 2.30. The Balaban J connectivity index is 1.30. The van der Waals surface area contributed by atoms with Gasteiger partial charge in [0.05, 0.1) is 31.9 Å². The van der Waals surface area contributed by atoms with E-state index in [0.717, 1.165) is 11.3 Å². The monoisotopic (exact) mass is 487 g/mol. The van der Waals surface area contributed by atoms with Crippen molar-refractivity contribution in [3.8, 4) is 23.0 Å². The molecule has 0 unspecified atom stereocenters. The van der Waals surface area contributed by atoms with Gasteiger partial charge >= 0.3 is 0 Å². The minimum absolute atomic E-state index is 0.0682. The van der Waals surface area contributed by atoms with Crippen molar-refractivity contribution in [3.05, 3.63) is 48.4 Å². The molecule has 13 heteroatoms. The Morgan fingerprint density at radius 1 is 1.09 bits per heavy atom. The van der Waals surface area contributed by atoms with E-state index in [-0.39, 0.29) is 22.5 Å². The zero-order valence-corrected chi connectivity index (χ0v) is 19.0. The first-order chi connectivity index (χ1) is 16.1. The summed E-state index contributed by atoms with van der Waals surface area (Å²) in [4.78, 5) is 24.7. The molecule has 0 radical (unpaired) electrons. The molecule has 0 aliphatic carbocycles. The zero-order chi connectivity index (χ0) is 23.2. The number of aromatic nitrogens is 3. The number of anilines is 2. The number of furan rings is 1. The number of rotatable bonds is 9. The molecule has 0 atom stereocenters. The molecule has 0 saturated carbocycles. The van der Waals surface area contributed by atoms with E-state index in [4.69, 9.17) is 18.4 Å². The van der Waals surface area contributed by atoms with Gasteiger partial charge in [0.1, 0.15) is 11.5 Å². The molecule has 4 rings (SSSR count). The van der Waals surface area contributed by atoms with Gasteiger partial charge in [-0.1, -0.05) is 28.3 Å². The summed E-state index contributed by atoms with van der Waals surface area (Å²) in [6, 6.07) is 9.94. The minimum Gasteiger partial charge on any atom is -0.497 e. The summed E-state index contributed by atoms with van der Waals surface area (Å²) in [5.74, 6) is 1.22. The quantitative estimate of drug-likeness (QED) is 0.264. The number of carbonyl (C=O) groups is 2. The van der Waals surface area contributed by atoms with E-state index in [2.05, 4.69) is 26.0 Å². The highest BCUT2D eigenvalue weighted by atomic mass is 32.2. The van der Waals surface area contributed by atoms with Crippen molar-refractivity contribution >= 4 is 45.7 Å². The molecule has 0 aliphatic heterocycles. The van der Waals surface area contributed by atoms with E-state index in [1.165, 1.54) is 31.2 Å². The number of methoxy groups -OCH3 is 2. The van der Waals surface area contributed by atoms with Crippen LogP contribution in [0, 0.1) is 0 Å². The van der Waals surface area contributed by atoms with Gasteiger partial charge in [0, 0.05) is 12.1 Å². The predicted molar refractivity (Wildman–Crippen MR) is 121 cm³/mol. The van der Waals surface area contributed by atoms with Crippen molar-refractivity contribution in [2.75, 3.05) is 30.6 Å². The van der Waals surface area contributed by atoms with Crippen LogP contribution in [0.15, 0.2) is 55.9 Å². The number of thioether (sulfide) groups is 1. The molecule has 0 spiro atoms. The highest BCUT2D eigenvalue weighted by molar-refractivity contribution is 8.01. The maximum atomic E-state index is 12.4. The molecule has 0 bridgehead atoms. The maximum absolute atomic E-state index is 12.4. The summed E-state index contributed by atoms with van der Waals surface area (Å²) < 4.78 is 21.3. The highest BCUT2D eigenvalue weighted by Gasteiger charge is 2.17. The number of amides is 2. The van der Waals surface area contributed by atoms with Crippen molar-refractivity contribution in [2.45, 2.75) is 4.34 Å². The van der Waals surface area contributed by atoms with Gasteiger partial charge < -0.3 is 23.7 Å². The van der Waals surface area contributed by atoms with E-state index < -0.39 is 5.91 Å². The molecule has 0 fully saturated rings. The van der Waals surface area contributed by atoms with Gasteiger partial charge in [-0.15, -0.1) is 10.2 Å². The fourth-order valence-corrected chi connectivity index (χ4v) is 4.16. The number of ether oxygens (including phenoxy) is 2. The zero-order valence-electron chi connectivity index (χ0n) is 17.4. The van der Waals surface area contributed by atoms with Gasteiger partial charge in [-0.3, -0.25) is 14.9 Å². The number of hydrogen-bond acceptors (Lipinski definition) is 11. The molecule has 1 aromatic carbocycles. The van der Waals surface area contributed by atoms with E-state index in [9.17, 15) is 9.59 Å². The van der Waals surface area contributed by atoms with Crippen LogP contribution in [-0.4, -0.2) is 47.1 Å². The standard InChI is InChI=1S/C20H17N5O6S2/c1-28-11-5-6-12(15(8-11)29-2)21-17(26)10-32-20-24-23-19(33-20)22-18(27)13-9-16(31-25-13)14-4-3-7-30-14/h3-9H,10H2,1-2H3,(H,21,26)(H,22,23,27). The third-order valence-corrected chi connectivity index (χ3v) is 6.12. The second-order valence-electron chi connectivity index (χ2n) is 6.28. The van der Waals surface area contributed by atoms with Crippen LogP contribution in [0.1, 0.15) is 10.5 Å². The number of hydrogen-bond donors (Lipinski definition) is 2. The second-order valence-corrected chi connectivity index (χ2v) is 8.48. The Labute approximate surface area is 195 Å². The summed E-state index contributed by atoms with van der Waals surface area (Å²) >= 11 is 2.32. The van der Waals surface area contributed by atoms with E-state index in [1.54, 1.807) is 37.4 Å². The molecule has 33 heavy (non-hydrogen) atoms. The fraction of sp³-hybridized carbons (Fsp3) is 0.150. The summed E-state index contributed by atoms with van der Waals surface area (Å²) in [6.45, 7) is 0. The molecule has 0 aliphatic rings. The summed E-state index contributed by atoms with van der Waals surface area (Å²) in [5.41, 5.74) is 0.592. The first kappa shape index (κ1) is 22.4. The lowest BCUT2D eigenvalue weighted by Crippen LogP contribution is -2.14. The predicted octanol–water partition coefficient (Wildman–Crippen LogP) is 3.79. The van der Waals surface area contributed by atoms with Crippen LogP contribution >= 0.6 is 23.1 Å². The topological polar surface area (TPSA) is 142 Å². The van der Waals surface area contributed by atoms with Crippen LogP contribution in [0.3, 0.4) is 0 Å². The first-order valence-corrected chi connectivity index (χ1v) is 11.2. The Kier molecular flexibility index (Phi) is 6.90. The number of benzene rings is 1. The molecule has 3 aromatic heterocycles. The van der Waals surface area contributed by atoms with Crippen LogP contribution in [0.5, 0.6) is 11.5 Å². The van der Waals surface area contributed by atoms with Gasteiger partial charge in [0.2, 0.25) is 16.8 Å². The normalized spacial score (nSPS) is 10.6. The van der Waals surface area contributed by atoms with Crippen molar-refractivity contribution in [1.29, 1.82) is 0 Å². The SMILES string of the molecule is COc1ccc(NC(=O)CSc2nnc(NC(=O)c3cc(-c4ccco4)on3)s2)c(OC)c1. The summed E-state index contributed by atoms with van der Waals surface area (Å²) in [6.07, 6.45) is 1.49. The Morgan fingerprint density at radius 2 is 1.97 bits per heavy atom. The van der Waals surface area contributed by atoms with Gasteiger partial charge in [-0.05, 0) is 24.3 Å². The molecule has 11 nitrogen and oxygen atoms in total. The molecule has 0 saturated heterocycles. The van der Waals surface area contributed by atoms with Crippen molar-refractivity contribution in [1.82, 2.24) is 15.4 Å². The van der Waals surface area contributed by atoms with Crippen LogP contribution in [0.25, 0.3) is 11.5 Å². The first-order valence-electron chi connectivity index (χ1n) is 9.36. The van der Waals surface area contributed by atoms with Crippen molar-refractivity contribution in [3.63, 3.8) is 0 Å². The third-order valence-electron chi connectivity index (χ3n) is 4.14. The van der Waals surface area contributed by atoms with Gasteiger partial charge in [-0.25, -0.2) is 0 Å². The maximum Gasteiger partial charge on any atom is 0.279 e. The lowest BCUT2D eigenvalue weighted by molar-refractivity contribution is -0.113. The van der Waals surface area contributed by atoms with Crippen LogP contribution in [-0.2, 0) is 4.79 Å². The van der Waals surface area contributed by atoms with Crippen LogP contribution < -0.4 is 20.1 Å². The number of carbonyl (C=O) groups excluding carboxylic acids is 2. The Bertz CT molecular complexity index is 1250. The fourth-order valence-electron chi connectivity index (χ4n) is 2.61. The molecule has 2 amide bonds. The Hall–Kier alpha value is -3.84. The van der Waals surface area contributed by atoms with Gasteiger partial charge in [-0.2, -0.15) is 0 Å². The third kappa shape index (κ3) is 5.51. The largest absolute Gasteiger partial charge is 0.497 e. The number of nitrogens with zero attached hydrogens (tertiary/aromatic N) is 3. The lowest BCUT2D eigenvalue weighted by atomic mass is 10.2. The van der Waals surface area contributed by atoms with Crippen LogP contribution in [0.4, 0.5) is 10.8 Å². The summed E-state index contributed by atoms with van der Waals surface area (Å²) in [7, 11) is 3.05. The average molecular weight is 488 g/mol. The molecule has 170 valence electrons. The molecular weight excluding hydrogens is 470 g/mol. The van der Waals surface area contributed by atoms with Gasteiger partial charge in [0.25, 0.3) is 5.91 Å². The van der Waals surface area contributed by atoms with E-state index >= 15 is 0 Å². The molecule has 3 heterocycles. The molecule has 2 N–H and O–H groups in total. The summed E-state index contributed by atoms with van der Waals surface area (Å²) in [5, 5.41) is 17.3. The van der Waals surface area contributed by atoms with Crippen molar-refractivity contribution in [2.24, 2.45) is 0 Å².